The lowest BCUT2D eigenvalue weighted by Gasteiger charge is -2.11. The molecule has 6 nitrogen and oxygen atoms in total. The van der Waals surface area contributed by atoms with Crippen LogP contribution >= 0.6 is 11.6 Å². The quantitative estimate of drug-likeness (QED) is 0.890. The van der Waals surface area contributed by atoms with Crippen molar-refractivity contribution >= 4 is 34.8 Å². The Labute approximate surface area is 143 Å². The molecule has 2 aromatic rings. The average molecular weight is 347 g/mol. The highest BCUT2D eigenvalue weighted by Crippen LogP contribution is 2.39. The van der Waals surface area contributed by atoms with Gasteiger partial charge in [-0.05, 0) is 42.8 Å². The van der Waals surface area contributed by atoms with Gasteiger partial charge in [-0.15, -0.1) is 0 Å². The third kappa shape index (κ3) is 3.28. The van der Waals surface area contributed by atoms with Crippen LogP contribution in [0.5, 0.6) is 11.5 Å². The van der Waals surface area contributed by atoms with E-state index >= 15 is 0 Å². The molecule has 1 heterocycles. The van der Waals surface area contributed by atoms with Gasteiger partial charge < -0.3 is 20.1 Å². The minimum Gasteiger partial charge on any atom is -0.454 e. The first kappa shape index (κ1) is 16.1. The number of aryl methyl sites for hydroxylation is 1. The topological polar surface area (TPSA) is 76.7 Å². The Balaban J connectivity index is 1.79. The molecule has 0 aromatic heterocycles. The molecule has 1 aliphatic rings. The Morgan fingerprint density at radius 2 is 1.92 bits per heavy atom. The predicted octanol–water partition coefficient (Wildman–Crippen LogP) is 3.59. The molecule has 0 atom stereocenters. The van der Waals surface area contributed by atoms with Crippen molar-refractivity contribution in [3.05, 3.63) is 46.5 Å². The molecule has 0 bridgehead atoms. The van der Waals surface area contributed by atoms with Gasteiger partial charge in [0.2, 0.25) is 12.7 Å². The number of benzene rings is 2. The Morgan fingerprint density at radius 1 is 1.12 bits per heavy atom. The lowest BCUT2D eigenvalue weighted by molar-refractivity contribution is -0.114. The van der Waals surface area contributed by atoms with E-state index in [1.54, 1.807) is 24.3 Å². The van der Waals surface area contributed by atoms with Gasteiger partial charge >= 0.3 is 0 Å². The number of hydrogen-bond acceptors (Lipinski definition) is 4. The summed E-state index contributed by atoms with van der Waals surface area (Å²) in [7, 11) is 0. The number of carbonyl (C=O) groups excluding carboxylic acids is 2. The van der Waals surface area contributed by atoms with Crippen LogP contribution < -0.4 is 20.1 Å². The molecule has 124 valence electrons. The summed E-state index contributed by atoms with van der Waals surface area (Å²) < 4.78 is 10.5. The second-order valence-corrected chi connectivity index (χ2v) is 5.76. The van der Waals surface area contributed by atoms with Gasteiger partial charge in [-0.1, -0.05) is 11.6 Å². The minimum atomic E-state index is -0.318. The maximum Gasteiger partial charge on any atom is 0.255 e. The van der Waals surface area contributed by atoms with E-state index in [9.17, 15) is 9.59 Å². The van der Waals surface area contributed by atoms with Gasteiger partial charge in [0.15, 0.2) is 11.5 Å². The Bertz CT molecular complexity index is 836. The van der Waals surface area contributed by atoms with Gasteiger partial charge in [-0.2, -0.15) is 0 Å². The first-order valence-corrected chi connectivity index (χ1v) is 7.60. The molecule has 2 N–H and O–H groups in total. The molecule has 3 rings (SSSR count). The first-order valence-electron chi connectivity index (χ1n) is 7.23. The van der Waals surface area contributed by atoms with E-state index in [-0.39, 0.29) is 18.6 Å². The highest BCUT2D eigenvalue weighted by molar-refractivity contribution is 6.32. The lowest BCUT2D eigenvalue weighted by Crippen LogP contribution is -2.12. The van der Waals surface area contributed by atoms with Crippen LogP contribution in [0, 0.1) is 6.92 Å². The maximum absolute atomic E-state index is 12.4. The number of rotatable bonds is 3. The van der Waals surface area contributed by atoms with Crippen molar-refractivity contribution in [1.82, 2.24) is 0 Å². The number of fused-ring (bicyclic) bond motifs is 1. The molecule has 0 radical (unpaired) electrons. The summed E-state index contributed by atoms with van der Waals surface area (Å²) >= 11 is 6.09. The number of carbonyl (C=O) groups is 2. The molecule has 7 heteroatoms. The number of hydrogen-bond donors (Lipinski definition) is 2. The van der Waals surface area contributed by atoms with E-state index in [1.807, 2.05) is 6.92 Å². The van der Waals surface area contributed by atoms with Crippen LogP contribution in [0.2, 0.25) is 5.02 Å². The number of amides is 2. The smallest absolute Gasteiger partial charge is 0.255 e. The highest BCUT2D eigenvalue weighted by atomic mass is 35.5. The van der Waals surface area contributed by atoms with Gasteiger partial charge in [0.05, 0.1) is 5.02 Å². The van der Waals surface area contributed by atoms with Gasteiger partial charge in [0.25, 0.3) is 5.91 Å². The van der Waals surface area contributed by atoms with Crippen LogP contribution in [0.15, 0.2) is 30.3 Å². The molecule has 2 amide bonds. The van der Waals surface area contributed by atoms with Crippen LogP contribution in [-0.4, -0.2) is 18.6 Å². The fraction of sp³-hybridized carbons (Fsp3) is 0.176. The van der Waals surface area contributed by atoms with Crippen molar-refractivity contribution in [2.45, 2.75) is 13.8 Å². The number of nitrogens with one attached hydrogen (secondary N) is 2. The zero-order valence-corrected chi connectivity index (χ0v) is 13.9. The first-order chi connectivity index (χ1) is 11.4. The van der Waals surface area contributed by atoms with E-state index < -0.39 is 0 Å². The van der Waals surface area contributed by atoms with Crippen molar-refractivity contribution in [3.8, 4) is 11.5 Å². The van der Waals surface area contributed by atoms with Gasteiger partial charge in [0, 0.05) is 23.9 Å². The molecule has 2 aromatic carbocycles. The molecule has 0 unspecified atom stereocenters. The molecule has 0 fully saturated rings. The molecule has 0 saturated carbocycles. The summed E-state index contributed by atoms with van der Waals surface area (Å²) in [5.41, 5.74) is 2.52. The van der Waals surface area contributed by atoms with E-state index in [1.165, 1.54) is 13.0 Å². The zero-order valence-electron chi connectivity index (χ0n) is 13.1. The van der Waals surface area contributed by atoms with Crippen LogP contribution in [0.25, 0.3) is 0 Å². The van der Waals surface area contributed by atoms with Gasteiger partial charge in [-0.25, -0.2) is 0 Å². The number of halogens is 1. The van der Waals surface area contributed by atoms with Crippen molar-refractivity contribution in [2.75, 3.05) is 17.4 Å². The minimum absolute atomic E-state index is 0.0872. The zero-order chi connectivity index (χ0) is 17.3. The number of anilines is 2. The van der Waals surface area contributed by atoms with Crippen molar-refractivity contribution in [1.29, 1.82) is 0 Å². The molecule has 0 spiro atoms. The van der Waals surface area contributed by atoms with Crippen molar-refractivity contribution in [3.63, 3.8) is 0 Å². The molecule has 1 aliphatic heterocycles. The molecular formula is C17H15ClN2O4. The summed E-state index contributed by atoms with van der Waals surface area (Å²) in [4.78, 5) is 23.5. The molecule has 0 saturated heterocycles. The SMILES string of the molecule is CC(=O)Nc1ccc(NC(=O)c2cc(Cl)c3c(c2)OCO3)cc1C. The summed E-state index contributed by atoms with van der Waals surface area (Å²) in [6.45, 7) is 3.38. The molecule has 0 aliphatic carbocycles. The summed E-state index contributed by atoms with van der Waals surface area (Å²) in [6.07, 6.45) is 0. The summed E-state index contributed by atoms with van der Waals surface area (Å²) in [5.74, 6) is 0.431. The van der Waals surface area contributed by atoms with Crippen LogP contribution in [0.1, 0.15) is 22.8 Å². The summed E-state index contributed by atoms with van der Waals surface area (Å²) in [5, 5.41) is 5.84. The third-order valence-corrected chi connectivity index (χ3v) is 3.77. The standard InChI is InChI=1S/C17H15ClN2O4/c1-9-5-12(3-4-14(9)19-10(2)21)20-17(22)11-6-13(18)16-15(7-11)23-8-24-16/h3-7H,8H2,1-2H3,(H,19,21)(H,20,22). The van der Waals surface area contributed by atoms with E-state index in [4.69, 9.17) is 21.1 Å². The highest BCUT2D eigenvalue weighted by Gasteiger charge is 2.20. The Hall–Kier alpha value is -2.73. The fourth-order valence-electron chi connectivity index (χ4n) is 2.37. The van der Waals surface area contributed by atoms with Crippen LogP contribution in [-0.2, 0) is 4.79 Å². The second-order valence-electron chi connectivity index (χ2n) is 5.36. The monoisotopic (exact) mass is 346 g/mol. The average Bonchev–Trinajstić information content (AvgIpc) is 2.98. The normalized spacial score (nSPS) is 12.0. The van der Waals surface area contributed by atoms with Crippen molar-refractivity contribution < 1.29 is 19.1 Å². The fourth-order valence-corrected chi connectivity index (χ4v) is 2.64. The molecule has 24 heavy (non-hydrogen) atoms. The molecular weight excluding hydrogens is 332 g/mol. The van der Waals surface area contributed by atoms with E-state index in [0.29, 0.717) is 33.5 Å². The van der Waals surface area contributed by atoms with Gasteiger partial charge in [0.1, 0.15) is 0 Å². The van der Waals surface area contributed by atoms with E-state index in [0.717, 1.165) is 5.56 Å². The predicted molar refractivity (Wildman–Crippen MR) is 91.0 cm³/mol. The number of ether oxygens (including phenoxy) is 2. The van der Waals surface area contributed by atoms with E-state index in [2.05, 4.69) is 10.6 Å². The third-order valence-electron chi connectivity index (χ3n) is 3.48. The Kier molecular flexibility index (Phi) is 4.31. The largest absolute Gasteiger partial charge is 0.454 e. The van der Waals surface area contributed by atoms with Crippen LogP contribution in [0.3, 0.4) is 0 Å². The summed E-state index contributed by atoms with van der Waals surface area (Å²) in [6, 6.07) is 8.34. The maximum atomic E-state index is 12.4. The van der Waals surface area contributed by atoms with Crippen LogP contribution in [0.4, 0.5) is 11.4 Å². The lowest BCUT2D eigenvalue weighted by atomic mass is 10.1. The second kappa shape index (κ2) is 6.41. The van der Waals surface area contributed by atoms with Gasteiger partial charge in [-0.3, -0.25) is 9.59 Å². The Morgan fingerprint density at radius 3 is 2.62 bits per heavy atom. The van der Waals surface area contributed by atoms with Crippen molar-refractivity contribution in [2.24, 2.45) is 0 Å².